The maximum absolute atomic E-state index is 13.0. The van der Waals surface area contributed by atoms with E-state index in [2.05, 4.69) is 6.58 Å². The van der Waals surface area contributed by atoms with Crippen LogP contribution in [0, 0.1) is 0 Å². The van der Waals surface area contributed by atoms with Crippen molar-refractivity contribution in [1.29, 1.82) is 0 Å². The lowest BCUT2D eigenvalue weighted by Gasteiger charge is -2.30. The molecule has 1 N–H and O–H groups in total. The van der Waals surface area contributed by atoms with Crippen molar-refractivity contribution < 1.29 is 24.2 Å². The Morgan fingerprint density at radius 3 is 2.45 bits per heavy atom. The normalized spacial score (nSPS) is 18.8. The molecule has 0 radical (unpaired) electrons. The van der Waals surface area contributed by atoms with E-state index in [9.17, 15) is 14.7 Å². The van der Waals surface area contributed by atoms with Gasteiger partial charge in [-0.25, -0.2) is 0 Å². The molecule has 0 aromatic heterocycles. The lowest BCUT2D eigenvalue weighted by Crippen LogP contribution is -2.39. The van der Waals surface area contributed by atoms with Gasteiger partial charge in [0.1, 0.15) is 18.1 Å². The molecule has 1 fully saturated rings. The average molecular weight is 421 g/mol. The number of likely N-dealkylation sites (tertiary alicyclic amines) is 1. The number of carbonyl (C=O) groups excluding carboxylic acids is 2. The summed E-state index contributed by atoms with van der Waals surface area (Å²) in [6.07, 6.45) is 1.64. The average Bonchev–Trinajstić information content (AvgIpc) is 3.06. The molecule has 0 spiro atoms. The molecule has 162 valence electrons. The number of ether oxygens (including phenoxy) is 2. The molecule has 3 rings (SSSR count). The molecule has 2 aromatic rings. The van der Waals surface area contributed by atoms with Crippen molar-refractivity contribution in [3.63, 3.8) is 0 Å². The summed E-state index contributed by atoms with van der Waals surface area (Å²) in [6.45, 7) is 6.48. The van der Waals surface area contributed by atoms with Gasteiger partial charge in [-0.05, 0) is 29.8 Å². The van der Waals surface area contributed by atoms with E-state index >= 15 is 0 Å². The van der Waals surface area contributed by atoms with E-state index in [0.29, 0.717) is 24.5 Å². The van der Waals surface area contributed by atoms with Crippen LogP contribution in [0.3, 0.4) is 0 Å². The zero-order valence-corrected chi connectivity index (χ0v) is 17.8. The molecule has 1 aliphatic rings. The Kier molecular flexibility index (Phi) is 7.26. The highest BCUT2D eigenvalue weighted by Gasteiger charge is 2.47. The highest BCUT2D eigenvalue weighted by molar-refractivity contribution is 6.46. The number of methoxy groups -OCH3 is 1. The van der Waals surface area contributed by atoms with E-state index in [1.165, 1.54) is 4.90 Å². The molecule has 2 atom stereocenters. The van der Waals surface area contributed by atoms with Gasteiger partial charge in [-0.2, -0.15) is 0 Å². The van der Waals surface area contributed by atoms with Gasteiger partial charge in [0.15, 0.2) is 0 Å². The van der Waals surface area contributed by atoms with Gasteiger partial charge in [0.2, 0.25) is 0 Å². The van der Waals surface area contributed by atoms with E-state index in [0.717, 1.165) is 5.56 Å². The number of nitrogens with zero attached hydrogens (tertiary/aromatic N) is 1. The first kappa shape index (κ1) is 22.3. The third kappa shape index (κ3) is 4.70. The smallest absolute Gasteiger partial charge is 0.295 e. The van der Waals surface area contributed by atoms with Gasteiger partial charge in [-0.3, -0.25) is 9.59 Å². The van der Waals surface area contributed by atoms with Crippen LogP contribution in [-0.4, -0.2) is 54.6 Å². The standard InChI is InChI=1S/C25H27NO5/c1-4-15-31-20-12-10-19(11-13-20)23(27)21-22(17(2)18-8-6-5-7-9-18)26(14-16-30-3)25(29)24(21)28/h4-13,17,22,27H,1,14-16H2,2-3H3/b23-21+. The van der Waals surface area contributed by atoms with Crippen LogP contribution in [0.25, 0.3) is 5.76 Å². The van der Waals surface area contributed by atoms with Crippen molar-refractivity contribution in [3.05, 3.63) is 84.0 Å². The van der Waals surface area contributed by atoms with Crippen LogP contribution >= 0.6 is 0 Å². The second kappa shape index (κ2) is 10.1. The fraction of sp³-hybridized carbons (Fsp3) is 0.280. The molecule has 1 saturated heterocycles. The van der Waals surface area contributed by atoms with Crippen molar-refractivity contribution in [2.75, 3.05) is 26.9 Å². The number of carbonyl (C=O) groups is 2. The monoisotopic (exact) mass is 421 g/mol. The molecule has 1 aliphatic heterocycles. The number of ketones is 1. The van der Waals surface area contributed by atoms with Gasteiger partial charge in [0, 0.05) is 25.1 Å². The summed E-state index contributed by atoms with van der Waals surface area (Å²) in [5.41, 5.74) is 1.52. The number of aliphatic hydroxyl groups excluding tert-OH is 1. The second-order valence-corrected chi connectivity index (χ2v) is 7.35. The first-order valence-corrected chi connectivity index (χ1v) is 10.2. The summed E-state index contributed by atoms with van der Waals surface area (Å²) in [4.78, 5) is 27.3. The van der Waals surface area contributed by atoms with Crippen LogP contribution in [0.2, 0.25) is 0 Å². The number of amides is 1. The minimum Gasteiger partial charge on any atom is -0.507 e. The minimum absolute atomic E-state index is 0.109. The molecule has 0 aliphatic carbocycles. The summed E-state index contributed by atoms with van der Waals surface area (Å²) in [7, 11) is 1.54. The number of rotatable bonds is 9. The van der Waals surface area contributed by atoms with Crippen LogP contribution in [0.15, 0.2) is 72.8 Å². The van der Waals surface area contributed by atoms with Crippen molar-refractivity contribution in [3.8, 4) is 5.75 Å². The molecule has 2 aromatic carbocycles. The summed E-state index contributed by atoms with van der Waals surface area (Å²) in [5, 5.41) is 11.1. The van der Waals surface area contributed by atoms with Crippen molar-refractivity contribution in [2.45, 2.75) is 18.9 Å². The molecule has 2 unspecified atom stereocenters. The fourth-order valence-electron chi connectivity index (χ4n) is 3.82. The van der Waals surface area contributed by atoms with E-state index in [1.807, 2.05) is 37.3 Å². The van der Waals surface area contributed by atoms with Crippen molar-refractivity contribution in [1.82, 2.24) is 4.90 Å². The topological polar surface area (TPSA) is 76.1 Å². The number of benzene rings is 2. The highest BCUT2D eigenvalue weighted by Crippen LogP contribution is 2.37. The van der Waals surface area contributed by atoms with E-state index in [4.69, 9.17) is 9.47 Å². The predicted octanol–water partition coefficient (Wildman–Crippen LogP) is 3.75. The molecular weight excluding hydrogens is 394 g/mol. The van der Waals surface area contributed by atoms with E-state index in [-0.39, 0.29) is 23.8 Å². The predicted molar refractivity (Wildman–Crippen MR) is 119 cm³/mol. The van der Waals surface area contributed by atoms with Gasteiger partial charge in [0.05, 0.1) is 18.2 Å². The molecule has 6 nitrogen and oxygen atoms in total. The Hall–Kier alpha value is -3.38. The molecule has 0 bridgehead atoms. The minimum atomic E-state index is -0.687. The van der Waals surface area contributed by atoms with E-state index < -0.39 is 17.7 Å². The second-order valence-electron chi connectivity index (χ2n) is 7.35. The van der Waals surface area contributed by atoms with Crippen LogP contribution in [0.1, 0.15) is 24.0 Å². The lowest BCUT2D eigenvalue weighted by molar-refractivity contribution is -0.140. The lowest BCUT2D eigenvalue weighted by atomic mass is 9.87. The third-order valence-electron chi connectivity index (χ3n) is 5.42. The zero-order chi connectivity index (χ0) is 22.4. The first-order chi connectivity index (χ1) is 15.0. The maximum atomic E-state index is 13.0. The number of aliphatic hydroxyl groups is 1. The Balaban J connectivity index is 2.04. The largest absolute Gasteiger partial charge is 0.507 e. The van der Waals surface area contributed by atoms with Crippen molar-refractivity contribution >= 4 is 17.4 Å². The highest BCUT2D eigenvalue weighted by atomic mass is 16.5. The number of hydrogen-bond acceptors (Lipinski definition) is 5. The molecule has 6 heteroatoms. The van der Waals surface area contributed by atoms with Gasteiger partial charge < -0.3 is 19.5 Å². The Labute approximate surface area is 182 Å². The molecule has 1 amide bonds. The van der Waals surface area contributed by atoms with Crippen molar-refractivity contribution in [2.24, 2.45) is 0 Å². The molecule has 0 saturated carbocycles. The van der Waals surface area contributed by atoms with Gasteiger partial charge in [-0.15, -0.1) is 0 Å². The maximum Gasteiger partial charge on any atom is 0.295 e. The first-order valence-electron chi connectivity index (χ1n) is 10.2. The van der Waals surface area contributed by atoms with Gasteiger partial charge in [0.25, 0.3) is 11.7 Å². The Morgan fingerprint density at radius 1 is 1.16 bits per heavy atom. The quantitative estimate of drug-likeness (QED) is 0.289. The SMILES string of the molecule is C=CCOc1ccc(/C(O)=C2\C(=O)C(=O)N(CCOC)C2C(C)c2ccccc2)cc1. The third-order valence-corrected chi connectivity index (χ3v) is 5.42. The van der Waals surface area contributed by atoms with Crippen LogP contribution < -0.4 is 4.74 Å². The molecule has 1 heterocycles. The summed E-state index contributed by atoms with van der Waals surface area (Å²) >= 11 is 0. The summed E-state index contributed by atoms with van der Waals surface area (Å²) in [6, 6.07) is 15.8. The molecular formula is C25H27NO5. The molecule has 31 heavy (non-hydrogen) atoms. The van der Waals surface area contributed by atoms with Crippen LogP contribution in [-0.2, 0) is 14.3 Å². The zero-order valence-electron chi connectivity index (χ0n) is 17.8. The van der Waals surface area contributed by atoms with Gasteiger partial charge in [-0.1, -0.05) is 49.9 Å². The van der Waals surface area contributed by atoms with Crippen LogP contribution in [0.4, 0.5) is 0 Å². The Morgan fingerprint density at radius 2 is 1.84 bits per heavy atom. The van der Waals surface area contributed by atoms with Gasteiger partial charge >= 0.3 is 0 Å². The van der Waals surface area contributed by atoms with E-state index in [1.54, 1.807) is 37.5 Å². The summed E-state index contributed by atoms with van der Waals surface area (Å²) in [5.74, 6) is -1.10. The van der Waals surface area contributed by atoms with Crippen LogP contribution in [0.5, 0.6) is 5.75 Å². The number of Topliss-reactive ketones (excluding diaryl/α,β-unsaturated/α-hetero) is 1. The fourth-order valence-corrected chi connectivity index (χ4v) is 3.82. The Bertz CT molecular complexity index is 965. The number of hydrogen-bond donors (Lipinski definition) is 1. The summed E-state index contributed by atoms with van der Waals surface area (Å²) < 4.78 is 10.6.